The van der Waals surface area contributed by atoms with E-state index >= 15 is 0 Å². The lowest BCUT2D eigenvalue weighted by Crippen LogP contribution is -2.46. The maximum atomic E-state index is 15.0. The van der Waals surface area contributed by atoms with Crippen LogP contribution in [-0.4, -0.2) is 81.3 Å². The first-order chi connectivity index (χ1) is 18.8. The van der Waals surface area contributed by atoms with Crippen LogP contribution in [0.25, 0.3) is 0 Å². The van der Waals surface area contributed by atoms with E-state index in [2.05, 4.69) is 10.2 Å². The largest absolute Gasteiger partial charge is 0.462 e. The number of hydrogen-bond acceptors (Lipinski definition) is 10. The number of alkyl halides is 3. The molecule has 5 N–H and O–H groups in total. The van der Waals surface area contributed by atoms with Gasteiger partial charge in [0.15, 0.2) is 19.0 Å². The lowest BCUT2D eigenvalue weighted by molar-refractivity contribution is -0.149. The molecule has 0 saturated heterocycles. The standard InChI is InChI=1S/C22H35F4N4O9PS/c1-9(2)38-20(34)11(5)28-40(41,29-12(6)21(35)39-10(3)4)37-8-13(17(25)26)16(31)15(24)19(33)30-7-14(23)18(32)27-22(30)36/h7,9-13,15-17,19,31,33H,8H2,1-6H3,(H,27,32,36)(H2,28,29,41). The van der Waals surface area contributed by atoms with Gasteiger partial charge < -0.3 is 24.2 Å². The summed E-state index contributed by atoms with van der Waals surface area (Å²) >= 11 is 5.41. The van der Waals surface area contributed by atoms with Gasteiger partial charge in [0.05, 0.1) is 30.9 Å². The summed E-state index contributed by atoms with van der Waals surface area (Å²) in [5, 5.41) is 25.6. The number of halogens is 4. The van der Waals surface area contributed by atoms with Gasteiger partial charge in [-0.3, -0.25) is 23.9 Å². The summed E-state index contributed by atoms with van der Waals surface area (Å²) in [6.07, 6.45) is -12.8. The molecule has 6 atom stereocenters. The molecule has 13 nitrogen and oxygen atoms in total. The van der Waals surface area contributed by atoms with Crippen LogP contribution in [0.15, 0.2) is 15.8 Å². The third-order valence-corrected chi connectivity index (χ3v) is 8.09. The summed E-state index contributed by atoms with van der Waals surface area (Å²) in [6, 6.07) is -2.37. The number of carbonyl (C=O) groups is 2. The molecular formula is C22H35F4N4O9PS. The molecule has 0 aliphatic carbocycles. The predicted molar refractivity (Wildman–Crippen MR) is 141 cm³/mol. The predicted octanol–water partition coefficient (Wildman–Crippen LogP) is 0.847. The Morgan fingerprint density at radius 2 is 1.46 bits per heavy atom. The number of H-pyrrole nitrogens is 1. The lowest BCUT2D eigenvalue weighted by atomic mass is 9.99. The number of nitrogens with zero attached hydrogens (tertiary/aromatic N) is 1. The zero-order valence-corrected chi connectivity index (χ0v) is 24.8. The van der Waals surface area contributed by atoms with E-state index in [4.69, 9.17) is 25.8 Å². The van der Waals surface area contributed by atoms with Gasteiger partial charge in [0.25, 0.3) is 5.56 Å². The monoisotopic (exact) mass is 638 g/mol. The molecule has 0 spiro atoms. The van der Waals surface area contributed by atoms with Crippen molar-refractivity contribution in [3.8, 4) is 0 Å². The first-order valence-corrected chi connectivity index (χ1v) is 15.0. The summed E-state index contributed by atoms with van der Waals surface area (Å²) < 4.78 is 71.9. The van der Waals surface area contributed by atoms with Gasteiger partial charge in [0, 0.05) is 0 Å². The van der Waals surface area contributed by atoms with E-state index < -0.39 is 97.3 Å². The number of aliphatic hydroxyl groups is 2. The Bertz CT molecular complexity index is 1170. The molecule has 236 valence electrons. The third kappa shape index (κ3) is 11.2. The Hall–Kier alpha value is -2.21. The molecule has 0 saturated carbocycles. The van der Waals surface area contributed by atoms with Crippen molar-refractivity contribution >= 4 is 30.3 Å². The zero-order chi connectivity index (χ0) is 31.8. The fourth-order valence-electron chi connectivity index (χ4n) is 3.13. The van der Waals surface area contributed by atoms with Crippen molar-refractivity contribution in [2.45, 2.75) is 90.8 Å². The molecule has 0 bridgehead atoms. The van der Waals surface area contributed by atoms with E-state index in [0.717, 1.165) is 0 Å². The van der Waals surface area contributed by atoms with Crippen LogP contribution in [0.2, 0.25) is 0 Å². The first kappa shape index (κ1) is 36.8. The van der Waals surface area contributed by atoms with Gasteiger partial charge >= 0.3 is 17.6 Å². The highest BCUT2D eigenvalue weighted by Gasteiger charge is 2.41. The zero-order valence-electron chi connectivity index (χ0n) is 23.0. The molecule has 19 heteroatoms. The summed E-state index contributed by atoms with van der Waals surface area (Å²) in [6.45, 7) is 3.92. The number of aliphatic hydroxyl groups excluding tert-OH is 2. The summed E-state index contributed by atoms with van der Waals surface area (Å²) in [4.78, 5) is 49.1. The first-order valence-electron chi connectivity index (χ1n) is 12.3. The normalized spacial score (nSPS) is 17.9. The van der Waals surface area contributed by atoms with Gasteiger partial charge in [-0.15, -0.1) is 0 Å². The molecule has 1 rings (SSSR count). The van der Waals surface area contributed by atoms with E-state index in [9.17, 15) is 47.0 Å². The van der Waals surface area contributed by atoms with Crippen LogP contribution in [0.5, 0.6) is 0 Å². The van der Waals surface area contributed by atoms with E-state index in [1.54, 1.807) is 27.7 Å². The number of aromatic amines is 1. The Morgan fingerprint density at radius 3 is 1.88 bits per heavy atom. The minimum absolute atomic E-state index is 0.0362. The molecular weight excluding hydrogens is 603 g/mol. The maximum Gasteiger partial charge on any atom is 0.330 e. The van der Waals surface area contributed by atoms with Gasteiger partial charge in [0.1, 0.15) is 18.2 Å². The van der Waals surface area contributed by atoms with Crippen LogP contribution < -0.4 is 21.4 Å². The van der Waals surface area contributed by atoms with Gasteiger partial charge in [-0.1, -0.05) is 0 Å². The molecule has 6 unspecified atom stereocenters. The molecule has 1 heterocycles. The minimum Gasteiger partial charge on any atom is -0.462 e. The van der Waals surface area contributed by atoms with Crippen LogP contribution in [0.3, 0.4) is 0 Å². The number of esters is 2. The average molecular weight is 639 g/mol. The van der Waals surface area contributed by atoms with Crippen molar-refractivity contribution < 1.29 is 51.4 Å². The minimum atomic E-state index is -3.83. The lowest BCUT2D eigenvalue weighted by Gasteiger charge is -2.33. The van der Waals surface area contributed by atoms with Gasteiger partial charge in [-0.25, -0.2) is 28.1 Å². The van der Waals surface area contributed by atoms with E-state index in [1.165, 1.54) is 18.8 Å². The number of aromatic nitrogens is 2. The van der Waals surface area contributed by atoms with Crippen LogP contribution in [0.1, 0.15) is 47.8 Å². The number of nitrogens with one attached hydrogen (secondary N) is 3. The highest BCUT2D eigenvalue weighted by atomic mass is 32.4. The molecule has 0 amide bonds. The summed E-state index contributed by atoms with van der Waals surface area (Å²) in [7, 11) is 0. The number of hydrogen-bond donors (Lipinski definition) is 5. The van der Waals surface area contributed by atoms with Crippen LogP contribution >= 0.6 is 6.57 Å². The Balaban J connectivity index is 3.23. The quantitative estimate of drug-likeness (QED) is 0.0980. The van der Waals surface area contributed by atoms with E-state index in [-0.39, 0.29) is 10.8 Å². The van der Waals surface area contributed by atoms with Crippen LogP contribution in [0.4, 0.5) is 17.6 Å². The second-order valence-corrected chi connectivity index (χ2v) is 12.9. The van der Waals surface area contributed by atoms with Crippen molar-refractivity contribution in [2.75, 3.05) is 6.61 Å². The molecule has 0 aliphatic rings. The second kappa shape index (κ2) is 15.9. The number of carbonyl (C=O) groups excluding carboxylic acids is 2. The van der Waals surface area contributed by atoms with Crippen molar-refractivity contribution in [1.29, 1.82) is 0 Å². The topological polar surface area (TPSA) is 181 Å². The highest BCUT2D eigenvalue weighted by molar-refractivity contribution is 8.10. The fraction of sp³-hybridized carbons (Fsp3) is 0.727. The second-order valence-electron chi connectivity index (χ2n) is 9.51. The summed E-state index contributed by atoms with van der Waals surface area (Å²) in [5.74, 6) is -5.59. The molecule has 0 aromatic carbocycles. The van der Waals surface area contributed by atoms with E-state index in [1.807, 2.05) is 0 Å². The van der Waals surface area contributed by atoms with Crippen LogP contribution in [0, 0.1) is 11.7 Å². The molecule has 0 fully saturated rings. The Kier molecular flexibility index (Phi) is 14.2. The van der Waals surface area contributed by atoms with Crippen molar-refractivity contribution in [3.05, 3.63) is 32.9 Å². The molecule has 1 aromatic rings. The highest BCUT2D eigenvalue weighted by Crippen LogP contribution is 2.41. The van der Waals surface area contributed by atoms with Crippen LogP contribution in [-0.2, 0) is 35.4 Å². The smallest absolute Gasteiger partial charge is 0.330 e. The third-order valence-electron chi connectivity index (χ3n) is 5.17. The van der Waals surface area contributed by atoms with Gasteiger partial charge in [0.2, 0.25) is 12.2 Å². The Morgan fingerprint density at radius 1 is 1.00 bits per heavy atom. The van der Waals surface area contributed by atoms with Crippen molar-refractivity contribution in [1.82, 2.24) is 19.7 Å². The fourth-order valence-corrected chi connectivity index (χ4v) is 6.10. The summed E-state index contributed by atoms with van der Waals surface area (Å²) in [5.41, 5.74) is -2.95. The molecule has 41 heavy (non-hydrogen) atoms. The van der Waals surface area contributed by atoms with Crippen molar-refractivity contribution in [3.63, 3.8) is 0 Å². The molecule has 1 aromatic heterocycles. The Labute approximate surface area is 237 Å². The van der Waals surface area contributed by atoms with Gasteiger partial charge in [-0.05, 0) is 53.3 Å². The average Bonchev–Trinajstić information content (AvgIpc) is 2.84. The number of rotatable bonds is 16. The van der Waals surface area contributed by atoms with E-state index in [0.29, 0.717) is 0 Å². The van der Waals surface area contributed by atoms with Crippen molar-refractivity contribution in [2.24, 2.45) is 5.92 Å². The molecule has 0 aliphatic heterocycles. The van der Waals surface area contributed by atoms with Gasteiger partial charge in [-0.2, -0.15) is 4.39 Å². The molecule has 0 radical (unpaired) electrons. The SMILES string of the molecule is CC(C)OC(=O)C(C)NP(=S)(NC(C)C(=O)OC(C)C)OCC(C(F)F)C(O)C(F)C(O)n1cc(F)c(=O)[nH]c1=O. The number of ether oxygens (including phenoxy) is 2. The maximum absolute atomic E-state index is 15.0.